The summed E-state index contributed by atoms with van der Waals surface area (Å²) in [5.74, 6) is 0.527. The number of nitrogens with zero attached hydrogens (tertiary/aromatic N) is 3. The number of aryl methyl sites for hydroxylation is 1. The highest BCUT2D eigenvalue weighted by molar-refractivity contribution is 7.86. The molecule has 22 heavy (non-hydrogen) atoms. The second-order valence-electron chi connectivity index (χ2n) is 6.12. The van der Waals surface area contributed by atoms with Crippen LogP contribution in [0.15, 0.2) is 0 Å². The van der Waals surface area contributed by atoms with Gasteiger partial charge in [-0.1, -0.05) is 31.1 Å². The van der Waals surface area contributed by atoms with Crippen molar-refractivity contribution >= 4 is 33.3 Å². The summed E-state index contributed by atoms with van der Waals surface area (Å²) in [6.45, 7) is 7.04. The Morgan fingerprint density at radius 2 is 2.18 bits per heavy atom. The minimum Gasteiger partial charge on any atom is -0.322 e. The van der Waals surface area contributed by atoms with Crippen LogP contribution in [0.4, 0.5) is 9.93 Å². The van der Waals surface area contributed by atoms with Gasteiger partial charge in [0.25, 0.3) is 0 Å². The van der Waals surface area contributed by atoms with E-state index in [0.717, 1.165) is 17.8 Å². The maximum atomic E-state index is 12.3. The van der Waals surface area contributed by atoms with Gasteiger partial charge in [0.2, 0.25) is 5.13 Å². The summed E-state index contributed by atoms with van der Waals surface area (Å²) in [6.07, 6.45) is 4.37. The third-order valence-electron chi connectivity index (χ3n) is 3.70. The second-order valence-corrected chi connectivity index (χ2v) is 9.39. The van der Waals surface area contributed by atoms with Crippen molar-refractivity contribution in [3.05, 3.63) is 5.01 Å². The molecular formula is C14H24N4O2S2. The Kier molecular flexibility index (Phi) is 5.91. The highest BCUT2D eigenvalue weighted by atomic mass is 32.2. The molecule has 1 aliphatic heterocycles. The third-order valence-corrected chi connectivity index (χ3v) is 6.51. The molecule has 2 rings (SSSR count). The van der Waals surface area contributed by atoms with Crippen molar-refractivity contribution in [2.45, 2.75) is 51.2 Å². The molecule has 0 bridgehead atoms. The van der Waals surface area contributed by atoms with E-state index < -0.39 is 10.8 Å². The van der Waals surface area contributed by atoms with E-state index in [9.17, 15) is 9.00 Å². The van der Waals surface area contributed by atoms with Gasteiger partial charge in [0.1, 0.15) is 5.01 Å². The zero-order valence-corrected chi connectivity index (χ0v) is 15.1. The fraction of sp³-hybridized carbons (Fsp3) is 0.786. The summed E-state index contributed by atoms with van der Waals surface area (Å²) >= 11 is 1.44. The van der Waals surface area contributed by atoms with Crippen molar-refractivity contribution in [3.8, 4) is 0 Å². The lowest BCUT2D eigenvalue weighted by atomic mass is 10.2. The molecule has 8 heteroatoms. The lowest BCUT2D eigenvalue weighted by Gasteiger charge is -2.36. The van der Waals surface area contributed by atoms with Crippen LogP contribution in [0.25, 0.3) is 0 Å². The highest BCUT2D eigenvalue weighted by Gasteiger charge is 2.35. The number of rotatable bonds is 5. The monoisotopic (exact) mass is 344 g/mol. The molecule has 0 aliphatic carbocycles. The van der Waals surface area contributed by atoms with Gasteiger partial charge in [-0.2, -0.15) is 0 Å². The second kappa shape index (κ2) is 7.50. The molecule has 1 aromatic heterocycles. The van der Waals surface area contributed by atoms with E-state index in [0.29, 0.717) is 24.0 Å². The quantitative estimate of drug-likeness (QED) is 0.833. The molecule has 1 aromatic rings. The normalized spacial score (nSPS) is 20.9. The molecule has 2 heterocycles. The molecule has 2 amide bonds. The van der Waals surface area contributed by atoms with Crippen molar-refractivity contribution in [1.29, 1.82) is 0 Å². The predicted octanol–water partition coefficient (Wildman–Crippen LogP) is 2.65. The molecule has 1 atom stereocenters. The number of nitrogens with one attached hydrogen (secondary N) is 1. The van der Waals surface area contributed by atoms with Crippen molar-refractivity contribution in [2.24, 2.45) is 0 Å². The molecule has 0 aromatic carbocycles. The molecule has 0 spiro atoms. The number of hydrogen-bond donors (Lipinski definition) is 1. The van der Waals surface area contributed by atoms with E-state index in [1.54, 1.807) is 4.90 Å². The number of amides is 2. The first kappa shape index (κ1) is 17.3. The van der Waals surface area contributed by atoms with Gasteiger partial charge < -0.3 is 4.90 Å². The zero-order chi connectivity index (χ0) is 16.2. The smallest absolute Gasteiger partial charge is 0.322 e. The Morgan fingerprint density at radius 1 is 1.41 bits per heavy atom. The van der Waals surface area contributed by atoms with E-state index in [2.05, 4.69) is 22.4 Å². The van der Waals surface area contributed by atoms with Gasteiger partial charge in [-0.05, 0) is 20.3 Å². The Labute approximate surface area is 138 Å². The molecule has 0 radical (unpaired) electrons. The Balaban J connectivity index is 1.88. The van der Waals surface area contributed by atoms with Crippen LogP contribution in [0, 0.1) is 0 Å². The third kappa shape index (κ3) is 4.49. The molecule has 1 fully saturated rings. The van der Waals surface area contributed by atoms with Gasteiger partial charge in [-0.25, -0.2) is 4.79 Å². The summed E-state index contributed by atoms with van der Waals surface area (Å²) < 4.78 is 11.5. The van der Waals surface area contributed by atoms with Crippen molar-refractivity contribution < 1.29 is 9.00 Å². The Morgan fingerprint density at radius 3 is 2.86 bits per heavy atom. The summed E-state index contributed by atoms with van der Waals surface area (Å²) in [5.41, 5.74) is 0. The summed E-state index contributed by atoms with van der Waals surface area (Å²) in [7, 11) is -0.882. The zero-order valence-electron chi connectivity index (χ0n) is 13.4. The van der Waals surface area contributed by atoms with Crippen LogP contribution in [-0.4, -0.2) is 48.9 Å². The van der Waals surface area contributed by atoms with Gasteiger partial charge in [-0.15, -0.1) is 10.2 Å². The van der Waals surface area contributed by atoms with Gasteiger partial charge in [-0.3, -0.25) is 9.53 Å². The highest BCUT2D eigenvalue weighted by Crippen LogP contribution is 2.22. The van der Waals surface area contributed by atoms with Gasteiger partial charge in [0.05, 0.1) is 4.75 Å². The van der Waals surface area contributed by atoms with E-state index in [1.165, 1.54) is 24.2 Å². The van der Waals surface area contributed by atoms with Crippen molar-refractivity contribution in [2.75, 3.05) is 24.2 Å². The lowest BCUT2D eigenvalue weighted by Crippen LogP contribution is -2.53. The van der Waals surface area contributed by atoms with Crippen LogP contribution in [-0.2, 0) is 17.2 Å². The Hall–Kier alpha value is -1.02. The standard InChI is InChI=1S/C14H24N4O2S2/c1-4-5-6-7-11-16-17-12(21-11)15-13(19)18-8-9-22(20)14(2,3)10-18/h4-10H2,1-3H3,(H,15,17,19)/t22-/m0/s1. The molecule has 6 nitrogen and oxygen atoms in total. The average molecular weight is 345 g/mol. The van der Waals surface area contributed by atoms with Crippen molar-refractivity contribution in [3.63, 3.8) is 0 Å². The van der Waals surface area contributed by atoms with E-state index in [1.807, 2.05) is 13.8 Å². The first-order chi connectivity index (χ1) is 10.4. The molecule has 124 valence electrons. The van der Waals surface area contributed by atoms with Gasteiger partial charge in [0, 0.05) is 36.1 Å². The summed E-state index contributed by atoms with van der Waals surface area (Å²) in [5, 5.41) is 12.5. The summed E-state index contributed by atoms with van der Waals surface area (Å²) in [6, 6.07) is -0.180. The van der Waals surface area contributed by atoms with Crippen LogP contribution in [0.2, 0.25) is 0 Å². The van der Waals surface area contributed by atoms with Crippen molar-refractivity contribution in [1.82, 2.24) is 15.1 Å². The molecule has 1 saturated heterocycles. The van der Waals surface area contributed by atoms with E-state index in [-0.39, 0.29) is 10.8 Å². The fourth-order valence-electron chi connectivity index (χ4n) is 2.36. The molecule has 0 unspecified atom stereocenters. The largest absolute Gasteiger partial charge is 0.323 e. The lowest BCUT2D eigenvalue weighted by molar-refractivity contribution is 0.207. The Bertz CT molecular complexity index is 545. The number of carbonyl (C=O) groups is 1. The topological polar surface area (TPSA) is 75.2 Å². The van der Waals surface area contributed by atoms with Crippen LogP contribution in [0.3, 0.4) is 0 Å². The number of hydrogen-bond acceptors (Lipinski definition) is 5. The number of carbonyl (C=O) groups excluding carboxylic acids is 1. The number of urea groups is 1. The summed E-state index contributed by atoms with van der Waals surface area (Å²) in [4.78, 5) is 14.0. The van der Waals surface area contributed by atoms with Crippen LogP contribution >= 0.6 is 11.3 Å². The van der Waals surface area contributed by atoms with Gasteiger partial charge >= 0.3 is 6.03 Å². The molecular weight excluding hydrogens is 320 g/mol. The van der Waals surface area contributed by atoms with E-state index >= 15 is 0 Å². The SMILES string of the molecule is CCCCCc1nnc(NC(=O)N2CC[S@](=O)C(C)(C)C2)s1. The minimum absolute atomic E-state index is 0.180. The molecule has 1 N–H and O–H groups in total. The van der Waals surface area contributed by atoms with E-state index in [4.69, 9.17) is 0 Å². The first-order valence-electron chi connectivity index (χ1n) is 7.69. The van der Waals surface area contributed by atoms with Crippen LogP contribution < -0.4 is 5.32 Å². The maximum Gasteiger partial charge on any atom is 0.323 e. The molecule has 0 saturated carbocycles. The maximum absolute atomic E-state index is 12.3. The minimum atomic E-state index is -0.882. The van der Waals surface area contributed by atoms with Crippen LogP contribution in [0.1, 0.15) is 45.0 Å². The fourth-order valence-corrected chi connectivity index (χ4v) is 4.37. The average Bonchev–Trinajstić information content (AvgIpc) is 2.89. The predicted molar refractivity (Wildman–Crippen MR) is 90.8 cm³/mol. The first-order valence-corrected chi connectivity index (χ1v) is 9.82. The number of aromatic nitrogens is 2. The number of unbranched alkanes of at least 4 members (excludes halogenated alkanes) is 2. The molecule has 1 aliphatic rings. The number of anilines is 1. The van der Waals surface area contributed by atoms with Gasteiger partial charge in [0.15, 0.2) is 0 Å². The van der Waals surface area contributed by atoms with Crippen LogP contribution in [0.5, 0.6) is 0 Å².